The van der Waals surface area contributed by atoms with Gasteiger partial charge in [0.1, 0.15) is 5.76 Å². The van der Waals surface area contributed by atoms with Crippen molar-refractivity contribution in [3.8, 4) is 11.5 Å². The lowest BCUT2D eigenvalue weighted by atomic mass is 9.57. The van der Waals surface area contributed by atoms with Gasteiger partial charge in [-0.1, -0.05) is 19.9 Å². The average Bonchev–Trinajstić information content (AvgIpc) is 3.13. The Hall–Kier alpha value is -2.86. The number of likely N-dealkylation sites (N-methyl/N-ethyl adjacent to an activating group) is 1. The lowest BCUT2D eigenvalue weighted by Gasteiger charge is -2.50. The number of benzene rings is 1. The maximum absolute atomic E-state index is 12.8. The first-order valence-electron chi connectivity index (χ1n) is 10.9. The van der Waals surface area contributed by atoms with E-state index in [0.29, 0.717) is 23.3 Å². The molecular formula is C25H28N2O4. The van der Waals surface area contributed by atoms with Crippen LogP contribution in [0, 0.1) is 5.92 Å². The van der Waals surface area contributed by atoms with Gasteiger partial charge in [0, 0.05) is 29.4 Å². The van der Waals surface area contributed by atoms with E-state index >= 15 is 0 Å². The molecule has 1 aromatic carbocycles. The zero-order valence-electron chi connectivity index (χ0n) is 18.4. The van der Waals surface area contributed by atoms with E-state index < -0.39 is 5.97 Å². The smallest absolute Gasteiger partial charge is 0.344 e. The first-order valence-corrected chi connectivity index (χ1v) is 10.9. The van der Waals surface area contributed by atoms with E-state index in [-0.39, 0.29) is 11.5 Å². The summed E-state index contributed by atoms with van der Waals surface area (Å²) in [5.74, 6) is 2.04. The normalized spacial score (nSPS) is 27.9. The number of hydrogen-bond donors (Lipinski definition) is 0. The Labute approximate surface area is 182 Å². The highest BCUT2D eigenvalue weighted by atomic mass is 16.6. The predicted molar refractivity (Wildman–Crippen MR) is 116 cm³/mol. The highest BCUT2D eigenvalue weighted by Crippen LogP contribution is 2.60. The lowest BCUT2D eigenvalue weighted by Crippen LogP contribution is -2.57. The Bertz CT molecular complexity index is 1050. The van der Waals surface area contributed by atoms with Gasteiger partial charge < -0.3 is 19.1 Å². The topological polar surface area (TPSA) is 60.9 Å². The van der Waals surface area contributed by atoms with E-state index in [2.05, 4.69) is 36.8 Å². The fourth-order valence-corrected chi connectivity index (χ4v) is 5.71. The van der Waals surface area contributed by atoms with Crippen molar-refractivity contribution in [2.75, 3.05) is 20.7 Å². The second kappa shape index (κ2) is 7.38. The maximum atomic E-state index is 12.8. The second-order valence-electron chi connectivity index (χ2n) is 8.84. The van der Waals surface area contributed by atoms with Gasteiger partial charge in [-0.3, -0.25) is 4.98 Å². The quantitative estimate of drug-likeness (QED) is 0.687. The van der Waals surface area contributed by atoms with Gasteiger partial charge in [0.2, 0.25) is 0 Å². The Kier molecular flexibility index (Phi) is 4.77. The molecule has 0 radical (unpaired) electrons. The van der Waals surface area contributed by atoms with Crippen molar-refractivity contribution in [1.82, 2.24) is 9.88 Å². The summed E-state index contributed by atoms with van der Waals surface area (Å²) in [5, 5.41) is 0. The molecule has 0 N–H and O–H groups in total. The van der Waals surface area contributed by atoms with Crippen LogP contribution in [-0.4, -0.2) is 48.7 Å². The SMILES string of the molecule is CCN(C)C1Cc2ccc(OC)c3c2C2(C)C(O3)C(OC(=O)c3cccnc3)=CCC12. The number of hydrogen-bond acceptors (Lipinski definition) is 6. The minimum Gasteiger partial charge on any atom is -0.493 e. The van der Waals surface area contributed by atoms with Crippen molar-refractivity contribution in [2.45, 2.75) is 44.2 Å². The van der Waals surface area contributed by atoms with Crippen LogP contribution in [0.15, 0.2) is 48.5 Å². The first-order chi connectivity index (χ1) is 15.0. The standard InChI is InChI=1S/C25H28N2O4/c1-5-27(3)18-13-15-8-10-19(29-4)22-21(15)25(2)17(18)9-11-20(23(25)31-22)30-24(28)16-7-6-12-26-14-16/h6-8,10-12,14,17-18,23H,5,9,13H2,1-4H3. The molecule has 4 atom stereocenters. The molecule has 0 fully saturated rings. The number of aromatic nitrogens is 1. The van der Waals surface area contributed by atoms with Crippen LogP contribution in [0.5, 0.6) is 11.5 Å². The molecule has 0 amide bonds. The Balaban J connectivity index is 1.58. The molecule has 5 rings (SSSR count). The van der Waals surface area contributed by atoms with Gasteiger partial charge in [0.05, 0.1) is 12.7 Å². The molecule has 3 aliphatic rings. The van der Waals surface area contributed by atoms with Gasteiger partial charge in [-0.25, -0.2) is 4.79 Å². The van der Waals surface area contributed by atoms with Crippen molar-refractivity contribution in [3.63, 3.8) is 0 Å². The molecule has 31 heavy (non-hydrogen) atoms. The number of ether oxygens (including phenoxy) is 3. The third-order valence-electron chi connectivity index (χ3n) is 7.41. The molecule has 0 spiro atoms. The van der Waals surface area contributed by atoms with Gasteiger partial charge in [0.25, 0.3) is 0 Å². The molecule has 1 aromatic heterocycles. The maximum Gasteiger partial charge on any atom is 0.344 e. The van der Waals surface area contributed by atoms with Gasteiger partial charge >= 0.3 is 5.97 Å². The minimum atomic E-state index is -0.411. The molecule has 6 nitrogen and oxygen atoms in total. The van der Waals surface area contributed by atoms with Crippen molar-refractivity contribution < 1.29 is 19.0 Å². The largest absolute Gasteiger partial charge is 0.493 e. The van der Waals surface area contributed by atoms with E-state index in [4.69, 9.17) is 14.2 Å². The van der Waals surface area contributed by atoms with Crippen molar-refractivity contribution in [1.29, 1.82) is 0 Å². The van der Waals surface area contributed by atoms with Crippen LogP contribution >= 0.6 is 0 Å². The van der Waals surface area contributed by atoms with Gasteiger partial charge in [-0.15, -0.1) is 0 Å². The molecule has 0 saturated carbocycles. The van der Waals surface area contributed by atoms with Crippen LogP contribution in [0.2, 0.25) is 0 Å². The molecule has 1 aliphatic heterocycles. The highest BCUT2D eigenvalue weighted by molar-refractivity contribution is 5.89. The summed E-state index contributed by atoms with van der Waals surface area (Å²) in [6.07, 6.45) is 6.65. The van der Waals surface area contributed by atoms with E-state index in [9.17, 15) is 4.79 Å². The lowest BCUT2D eigenvalue weighted by molar-refractivity contribution is 0.0169. The zero-order valence-corrected chi connectivity index (χ0v) is 18.4. The zero-order chi connectivity index (χ0) is 21.8. The number of carbonyl (C=O) groups excluding carboxylic acids is 1. The van der Waals surface area contributed by atoms with Crippen LogP contribution < -0.4 is 9.47 Å². The van der Waals surface area contributed by atoms with Gasteiger partial charge in [-0.05, 0) is 62.2 Å². The highest BCUT2D eigenvalue weighted by Gasteiger charge is 2.60. The molecule has 2 aromatic rings. The van der Waals surface area contributed by atoms with Gasteiger partial charge in [-0.2, -0.15) is 0 Å². The van der Waals surface area contributed by atoms with Crippen molar-refractivity contribution in [3.05, 3.63) is 65.2 Å². The van der Waals surface area contributed by atoms with E-state index in [0.717, 1.165) is 30.9 Å². The minimum absolute atomic E-state index is 0.301. The predicted octanol–water partition coefficient (Wildman–Crippen LogP) is 3.75. The summed E-state index contributed by atoms with van der Waals surface area (Å²) in [5.41, 5.74) is 2.63. The summed E-state index contributed by atoms with van der Waals surface area (Å²) < 4.78 is 18.1. The number of pyridine rings is 1. The van der Waals surface area contributed by atoms with Crippen LogP contribution in [0.4, 0.5) is 0 Å². The molecule has 2 aliphatic carbocycles. The summed E-state index contributed by atoms with van der Waals surface area (Å²) in [6.45, 7) is 5.44. The fraction of sp³-hybridized carbons (Fsp3) is 0.440. The summed E-state index contributed by atoms with van der Waals surface area (Å²) in [6, 6.07) is 7.99. The molecule has 0 saturated heterocycles. The summed E-state index contributed by atoms with van der Waals surface area (Å²) in [7, 11) is 3.86. The number of nitrogens with zero attached hydrogens (tertiary/aromatic N) is 2. The third-order valence-corrected chi connectivity index (χ3v) is 7.41. The molecule has 0 bridgehead atoms. The van der Waals surface area contributed by atoms with Crippen LogP contribution in [0.25, 0.3) is 0 Å². The fourth-order valence-electron chi connectivity index (χ4n) is 5.71. The molecule has 4 unspecified atom stereocenters. The number of carbonyl (C=O) groups is 1. The Morgan fingerprint density at radius 2 is 2.19 bits per heavy atom. The molecular weight excluding hydrogens is 392 g/mol. The number of allylic oxidation sites excluding steroid dienone is 1. The molecule has 162 valence electrons. The summed E-state index contributed by atoms with van der Waals surface area (Å²) >= 11 is 0. The Morgan fingerprint density at radius 3 is 2.90 bits per heavy atom. The third kappa shape index (κ3) is 2.88. The Morgan fingerprint density at radius 1 is 1.35 bits per heavy atom. The molecule has 6 heteroatoms. The van der Waals surface area contributed by atoms with Crippen LogP contribution in [0.1, 0.15) is 41.8 Å². The second-order valence-corrected chi connectivity index (χ2v) is 8.84. The van der Waals surface area contributed by atoms with Crippen LogP contribution in [0.3, 0.4) is 0 Å². The van der Waals surface area contributed by atoms with Crippen molar-refractivity contribution in [2.24, 2.45) is 5.92 Å². The van der Waals surface area contributed by atoms with Crippen molar-refractivity contribution >= 4 is 5.97 Å². The molecule has 2 heterocycles. The van der Waals surface area contributed by atoms with Gasteiger partial charge in [0.15, 0.2) is 17.6 Å². The number of methoxy groups -OCH3 is 1. The summed E-state index contributed by atoms with van der Waals surface area (Å²) in [4.78, 5) is 19.3. The van der Waals surface area contributed by atoms with E-state index in [1.54, 1.807) is 25.4 Å². The van der Waals surface area contributed by atoms with Crippen LogP contribution in [-0.2, 0) is 16.6 Å². The first kappa shape index (κ1) is 20.1. The average molecular weight is 421 g/mol. The number of rotatable bonds is 5. The van der Waals surface area contributed by atoms with E-state index in [1.165, 1.54) is 17.3 Å². The monoisotopic (exact) mass is 420 g/mol. The number of esters is 1. The van der Waals surface area contributed by atoms with E-state index in [1.807, 2.05) is 12.1 Å².